The topological polar surface area (TPSA) is 59.5 Å². The first-order chi connectivity index (χ1) is 13.7. The number of carbonyl (C=O) groups is 2. The highest BCUT2D eigenvalue weighted by Gasteiger charge is 2.28. The van der Waals surface area contributed by atoms with E-state index in [1.54, 1.807) is 35.0 Å². The molecule has 2 aromatic carbocycles. The molecule has 1 aromatic heterocycles. The van der Waals surface area contributed by atoms with Crippen LogP contribution in [0.25, 0.3) is 0 Å². The second-order valence-electron chi connectivity index (χ2n) is 5.90. The lowest BCUT2D eigenvalue weighted by Gasteiger charge is -2.30. The first-order valence-corrected chi connectivity index (χ1v) is 10.6. The van der Waals surface area contributed by atoms with E-state index < -0.39 is 5.97 Å². The predicted octanol–water partition coefficient (Wildman–Crippen LogP) is 4.79. The standard InChI is InChI=1S/C21H16N2O3S2/c1-27-20-14(7-6-12-22-20)21(25)26-13-19(24)23-15-8-2-4-10-17(15)28-18-11-5-3-9-16(18)23/h2-12H,13H2,1H3. The van der Waals surface area contributed by atoms with Crippen molar-refractivity contribution < 1.29 is 14.3 Å². The fourth-order valence-corrected chi connectivity index (χ4v) is 4.55. The average Bonchev–Trinajstić information content (AvgIpc) is 2.75. The van der Waals surface area contributed by atoms with Gasteiger partial charge in [-0.25, -0.2) is 9.78 Å². The number of benzene rings is 2. The highest BCUT2D eigenvalue weighted by molar-refractivity contribution is 7.99. The molecule has 1 aliphatic rings. The Hall–Kier alpha value is -2.77. The summed E-state index contributed by atoms with van der Waals surface area (Å²) in [5, 5.41) is 0.574. The van der Waals surface area contributed by atoms with E-state index in [1.165, 1.54) is 11.8 Å². The molecule has 140 valence electrons. The summed E-state index contributed by atoms with van der Waals surface area (Å²) < 4.78 is 5.33. The molecule has 5 nitrogen and oxygen atoms in total. The molecule has 1 amide bonds. The third-order valence-electron chi connectivity index (χ3n) is 4.19. The smallest absolute Gasteiger partial charge is 0.341 e. The molecule has 0 spiro atoms. The number of para-hydroxylation sites is 2. The summed E-state index contributed by atoms with van der Waals surface area (Å²) in [6.07, 6.45) is 3.45. The van der Waals surface area contributed by atoms with Crippen molar-refractivity contribution in [2.24, 2.45) is 0 Å². The van der Waals surface area contributed by atoms with Crippen LogP contribution < -0.4 is 4.90 Å². The van der Waals surface area contributed by atoms with Crippen LogP contribution in [-0.2, 0) is 9.53 Å². The van der Waals surface area contributed by atoms with Crippen LogP contribution in [0.15, 0.2) is 81.7 Å². The average molecular weight is 409 g/mol. The maximum atomic E-state index is 13.0. The predicted molar refractivity (Wildman–Crippen MR) is 110 cm³/mol. The summed E-state index contributed by atoms with van der Waals surface area (Å²) in [6, 6.07) is 18.7. The van der Waals surface area contributed by atoms with Crippen molar-refractivity contribution in [1.29, 1.82) is 0 Å². The Balaban J connectivity index is 1.58. The molecule has 0 bridgehead atoms. The van der Waals surface area contributed by atoms with Crippen molar-refractivity contribution in [2.45, 2.75) is 14.8 Å². The number of ether oxygens (including phenoxy) is 1. The largest absolute Gasteiger partial charge is 0.452 e. The van der Waals surface area contributed by atoms with Crippen molar-refractivity contribution >= 4 is 46.8 Å². The Morgan fingerprint density at radius 3 is 2.29 bits per heavy atom. The first-order valence-electron chi connectivity index (χ1n) is 8.54. The van der Waals surface area contributed by atoms with Crippen LogP contribution in [0.2, 0.25) is 0 Å². The van der Waals surface area contributed by atoms with E-state index in [1.807, 2.05) is 54.8 Å². The van der Waals surface area contributed by atoms with Crippen LogP contribution >= 0.6 is 23.5 Å². The van der Waals surface area contributed by atoms with Crippen LogP contribution in [-0.4, -0.2) is 29.7 Å². The molecular weight excluding hydrogens is 392 g/mol. The minimum atomic E-state index is -0.557. The van der Waals surface area contributed by atoms with E-state index in [2.05, 4.69) is 4.98 Å². The van der Waals surface area contributed by atoms with E-state index in [4.69, 9.17) is 4.74 Å². The van der Waals surface area contributed by atoms with Gasteiger partial charge in [0.2, 0.25) is 0 Å². The fourth-order valence-electron chi connectivity index (χ4n) is 2.95. The van der Waals surface area contributed by atoms with Crippen molar-refractivity contribution in [3.63, 3.8) is 0 Å². The molecule has 2 heterocycles. The molecule has 3 aromatic rings. The van der Waals surface area contributed by atoms with Gasteiger partial charge in [0.15, 0.2) is 6.61 Å². The molecule has 0 N–H and O–H groups in total. The molecule has 0 unspecified atom stereocenters. The van der Waals surface area contributed by atoms with Gasteiger partial charge in [-0.3, -0.25) is 9.69 Å². The minimum Gasteiger partial charge on any atom is -0.452 e. The van der Waals surface area contributed by atoms with Gasteiger partial charge in [-0.2, -0.15) is 0 Å². The number of aromatic nitrogens is 1. The number of pyridine rings is 1. The molecule has 0 saturated heterocycles. The lowest BCUT2D eigenvalue weighted by Crippen LogP contribution is -2.32. The summed E-state index contributed by atoms with van der Waals surface area (Å²) in [4.78, 5) is 33.2. The maximum absolute atomic E-state index is 13.0. The number of anilines is 2. The molecule has 28 heavy (non-hydrogen) atoms. The van der Waals surface area contributed by atoms with Crippen molar-refractivity contribution in [2.75, 3.05) is 17.8 Å². The first kappa shape index (κ1) is 18.6. The Morgan fingerprint density at radius 2 is 1.64 bits per heavy atom. The Kier molecular flexibility index (Phi) is 5.36. The van der Waals surface area contributed by atoms with Crippen LogP contribution in [0.1, 0.15) is 10.4 Å². The number of rotatable bonds is 4. The lowest BCUT2D eigenvalue weighted by molar-refractivity contribution is -0.121. The number of amides is 1. The zero-order valence-electron chi connectivity index (χ0n) is 15.0. The fraction of sp³-hybridized carbons (Fsp3) is 0.0952. The minimum absolute atomic E-state index is 0.303. The molecule has 0 aliphatic carbocycles. The molecule has 1 aliphatic heterocycles. The van der Waals surface area contributed by atoms with E-state index in [0.29, 0.717) is 10.6 Å². The number of hydrogen-bond donors (Lipinski definition) is 0. The molecule has 0 fully saturated rings. The monoisotopic (exact) mass is 408 g/mol. The third kappa shape index (κ3) is 3.50. The molecular formula is C21H16N2O3S2. The Morgan fingerprint density at radius 1 is 1.00 bits per heavy atom. The van der Waals surface area contributed by atoms with Gasteiger partial charge in [0.25, 0.3) is 5.91 Å². The van der Waals surface area contributed by atoms with E-state index in [-0.39, 0.29) is 12.5 Å². The van der Waals surface area contributed by atoms with E-state index >= 15 is 0 Å². The zero-order valence-corrected chi connectivity index (χ0v) is 16.6. The summed E-state index contributed by atoms with van der Waals surface area (Å²) >= 11 is 2.97. The number of nitrogens with zero attached hydrogens (tertiary/aromatic N) is 2. The molecule has 0 atom stereocenters. The normalized spacial score (nSPS) is 12.1. The van der Waals surface area contributed by atoms with Gasteiger partial charge < -0.3 is 4.74 Å². The van der Waals surface area contributed by atoms with Gasteiger partial charge >= 0.3 is 5.97 Å². The van der Waals surface area contributed by atoms with Crippen LogP contribution in [0.4, 0.5) is 11.4 Å². The number of hydrogen-bond acceptors (Lipinski definition) is 6. The van der Waals surface area contributed by atoms with Gasteiger partial charge in [-0.05, 0) is 42.7 Å². The van der Waals surface area contributed by atoms with Gasteiger partial charge in [0, 0.05) is 16.0 Å². The van der Waals surface area contributed by atoms with Crippen LogP contribution in [0, 0.1) is 0 Å². The van der Waals surface area contributed by atoms with Crippen molar-refractivity contribution in [1.82, 2.24) is 4.98 Å². The SMILES string of the molecule is CSc1ncccc1C(=O)OCC(=O)N1c2ccccc2Sc2ccccc21. The molecule has 0 radical (unpaired) electrons. The van der Waals surface area contributed by atoms with Crippen LogP contribution in [0.5, 0.6) is 0 Å². The van der Waals surface area contributed by atoms with E-state index in [9.17, 15) is 9.59 Å². The number of fused-ring (bicyclic) bond motifs is 2. The second-order valence-corrected chi connectivity index (χ2v) is 7.78. The number of thioether (sulfide) groups is 1. The van der Waals surface area contributed by atoms with Gasteiger partial charge in [-0.15, -0.1) is 11.8 Å². The summed E-state index contributed by atoms with van der Waals surface area (Å²) in [7, 11) is 0. The molecule has 7 heteroatoms. The van der Waals surface area contributed by atoms with E-state index in [0.717, 1.165) is 21.2 Å². The molecule has 0 saturated carbocycles. The number of carbonyl (C=O) groups excluding carboxylic acids is 2. The van der Waals surface area contributed by atoms with Crippen molar-refractivity contribution in [3.05, 3.63) is 72.4 Å². The quantitative estimate of drug-likeness (QED) is 0.457. The third-order valence-corrected chi connectivity index (χ3v) is 6.04. The Labute approximate surface area is 171 Å². The summed E-state index contributed by atoms with van der Waals surface area (Å²) in [5.74, 6) is -0.859. The highest BCUT2D eigenvalue weighted by Crippen LogP contribution is 2.47. The van der Waals surface area contributed by atoms with Gasteiger partial charge in [0.05, 0.1) is 16.9 Å². The van der Waals surface area contributed by atoms with Crippen molar-refractivity contribution in [3.8, 4) is 0 Å². The van der Waals surface area contributed by atoms with Gasteiger partial charge in [-0.1, -0.05) is 36.0 Å². The maximum Gasteiger partial charge on any atom is 0.341 e. The second kappa shape index (κ2) is 8.08. The van der Waals surface area contributed by atoms with Crippen LogP contribution in [0.3, 0.4) is 0 Å². The lowest BCUT2D eigenvalue weighted by atomic mass is 10.2. The van der Waals surface area contributed by atoms with Gasteiger partial charge in [0.1, 0.15) is 5.03 Å². The number of esters is 1. The highest BCUT2D eigenvalue weighted by atomic mass is 32.2. The summed E-state index contributed by atoms with van der Waals surface area (Å²) in [5.41, 5.74) is 1.94. The Bertz CT molecular complexity index is 1010. The zero-order chi connectivity index (χ0) is 19.5. The molecule has 4 rings (SSSR count). The summed E-state index contributed by atoms with van der Waals surface area (Å²) in [6.45, 7) is -0.352.